The number of aliphatic hydroxyl groups is 1. The zero-order valence-electron chi connectivity index (χ0n) is 17.7. The monoisotopic (exact) mass is 417 g/mol. The molecule has 6 nitrogen and oxygen atoms in total. The van der Waals surface area contributed by atoms with Crippen LogP contribution in [0.25, 0.3) is 0 Å². The Kier molecular flexibility index (Phi) is 11.0. The molecule has 29 heavy (non-hydrogen) atoms. The number of likely N-dealkylation sites (tertiary alicyclic amines) is 1. The van der Waals surface area contributed by atoms with Crippen LogP contribution < -0.4 is 10.1 Å². The van der Waals surface area contributed by atoms with Gasteiger partial charge in [0, 0.05) is 26.1 Å². The highest BCUT2D eigenvalue weighted by Crippen LogP contribution is 2.23. The second-order valence-corrected chi connectivity index (χ2v) is 8.26. The van der Waals surface area contributed by atoms with Crippen molar-refractivity contribution in [3.63, 3.8) is 0 Å². The van der Waals surface area contributed by atoms with Gasteiger partial charge in [0.1, 0.15) is 5.75 Å². The molecule has 3 N–H and O–H groups in total. The molecule has 168 valence electrons. The third-order valence-corrected chi connectivity index (χ3v) is 5.17. The van der Waals surface area contributed by atoms with Gasteiger partial charge in [0.25, 0.3) is 0 Å². The second-order valence-electron chi connectivity index (χ2n) is 8.26. The van der Waals surface area contributed by atoms with Crippen LogP contribution in [0, 0.1) is 16.7 Å². The number of methoxy groups -OCH3 is 1. The molecule has 1 unspecified atom stereocenters. The molecule has 1 heterocycles. The van der Waals surface area contributed by atoms with Crippen molar-refractivity contribution in [2.75, 3.05) is 26.8 Å². The number of nitrogens with one attached hydrogen (secondary N) is 2. The summed E-state index contributed by atoms with van der Waals surface area (Å²) >= 11 is 0. The van der Waals surface area contributed by atoms with Crippen LogP contribution in [-0.4, -0.2) is 54.5 Å². The lowest BCUT2D eigenvalue weighted by molar-refractivity contribution is -0.125. The zero-order valence-corrected chi connectivity index (χ0v) is 17.7. The number of aliphatic hydroxyl groups excluding tert-OH is 1. The van der Waals surface area contributed by atoms with Crippen LogP contribution in [-0.2, 0) is 11.3 Å². The molecule has 0 aliphatic carbocycles. The maximum Gasteiger partial charge on any atom is 0.237 e. The van der Waals surface area contributed by atoms with Gasteiger partial charge in [0.2, 0.25) is 5.91 Å². The summed E-state index contributed by atoms with van der Waals surface area (Å²) in [6.45, 7) is 7.65. The van der Waals surface area contributed by atoms with Crippen molar-refractivity contribution in [3.8, 4) is 5.75 Å². The molecule has 0 saturated carbocycles. The highest BCUT2D eigenvalue weighted by molar-refractivity contribution is 5.89. The van der Waals surface area contributed by atoms with Gasteiger partial charge < -0.3 is 20.6 Å². The average molecular weight is 418 g/mol. The van der Waals surface area contributed by atoms with Gasteiger partial charge in [0.05, 0.1) is 19.8 Å². The summed E-state index contributed by atoms with van der Waals surface area (Å²) in [5, 5.41) is 20.8. The summed E-state index contributed by atoms with van der Waals surface area (Å²) in [6.07, 6.45) is 1.83. The van der Waals surface area contributed by atoms with Crippen LogP contribution in [0.4, 0.5) is 9.41 Å². The number of hydrogen-bond acceptors (Lipinski definition) is 5. The normalized spacial score (nSPS) is 17.6. The standard InChI is InChI=1S/C21H33N3O3.2FH.H2/c1-21(2,3)19(22)16(14-25)12-23-20(26)18-6-5-11-24(18)13-15-7-9-17(27-4)10-8-15;;;/h7-10,16,18,22,25H,5-6,11-14H2,1-4H3,(H,23,26);3*1H/t16?,18-;;;/m0.../s1. The lowest BCUT2D eigenvalue weighted by Gasteiger charge is -2.28. The quantitative estimate of drug-likeness (QED) is 0.568. The van der Waals surface area contributed by atoms with Crippen LogP contribution in [0.5, 0.6) is 5.75 Å². The Bertz CT molecular complexity index is 654. The van der Waals surface area contributed by atoms with Gasteiger partial charge in [-0.2, -0.15) is 0 Å². The number of nitrogens with zero attached hydrogens (tertiary/aromatic N) is 1. The molecular weight excluding hydrogens is 380 g/mol. The Morgan fingerprint density at radius 1 is 1.34 bits per heavy atom. The van der Waals surface area contributed by atoms with E-state index in [-0.39, 0.29) is 40.7 Å². The summed E-state index contributed by atoms with van der Waals surface area (Å²) in [4.78, 5) is 14.9. The molecule has 0 spiro atoms. The van der Waals surface area contributed by atoms with Crippen LogP contribution >= 0.6 is 0 Å². The van der Waals surface area contributed by atoms with Gasteiger partial charge in [-0.1, -0.05) is 32.9 Å². The van der Waals surface area contributed by atoms with Gasteiger partial charge in [-0.05, 0) is 42.5 Å². The number of rotatable bonds is 8. The third kappa shape index (κ3) is 7.36. The Morgan fingerprint density at radius 3 is 2.48 bits per heavy atom. The van der Waals surface area contributed by atoms with Gasteiger partial charge in [-0.15, -0.1) is 0 Å². The summed E-state index contributed by atoms with van der Waals surface area (Å²) in [7, 11) is 1.65. The summed E-state index contributed by atoms with van der Waals surface area (Å²) in [6, 6.07) is 7.77. The van der Waals surface area contributed by atoms with Gasteiger partial charge >= 0.3 is 0 Å². The van der Waals surface area contributed by atoms with Crippen LogP contribution in [0.15, 0.2) is 24.3 Å². The summed E-state index contributed by atoms with van der Waals surface area (Å²) in [5.74, 6) is 0.470. The van der Waals surface area contributed by atoms with Crippen molar-refractivity contribution in [3.05, 3.63) is 29.8 Å². The van der Waals surface area contributed by atoms with Gasteiger partial charge in [0.15, 0.2) is 0 Å². The van der Waals surface area contributed by atoms with E-state index in [4.69, 9.17) is 10.1 Å². The molecule has 1 aliphatic rings. The third-order valence-electron chi connectivity index (χ3n) is 5.17. The number of ether oxygens (including phenoxy) is 1. The molecule has 1 saturated heterocycles. The average Bonchev–Trinajstić information content (AvgIpc) is 3.10. The molecule has 0 bridgehead atoms. The zero-order chi connectivity index (χ0) is 20.0. The van der Waals surface area contributed by atoms with Crippen molar-refractivity contribution in [1.82, 2.24) is 10.2 Å². The van der Waals surface area contributed by atoms with Crippen molar-refractivity contribution < 1.29 is 25.5 Å². The predicted molar refractivity (Wildman–Crippen MR) is 114 cm³/mol. The summed E-state index contributed by atoms with van der Waals surface area (Å²) in [5.41, 5.74) is 1.30. The van der Waals surface area contributed by atoms with Crippen molar-refractivity contribution in [2.24, 2.45) is 11.3 Å². The Labute approximate surface area is 173 Å². The topological polar surface area (TPSA) is 85.7 Å². The highest BCUT2D eigenvalue weighted by atomic mass is 19.0. The second kappa shape index (κ2) is 11.8. The molecule has 1 amide bonds. The lowest BCUT2D eigenvalue weighted by atomic mass is 9.82. The maximum absolute atomic E-state index is 12.7. The fraction of sp³-hybridized carbons (Fsp3) is 0.619. The van der Waals surface area contributed by atoms with Crippen LogP contribution in [0.1, 0.15) is 40.6 Å². The van der Waals surface area contributed by atoms with E-state index in [2.05, 4.69) is 10.2 Å². The van der Waals surface area contributed by atoms with E-state index in [1.165, 1.54) is 0 Å². The van der Waals surface area contributed by atoms with Crippen molar-refractivity contribution >= 4 is 11.6 Å². The molecule has 1 aliphatic heterocycles. The number of halogens is 2. The first-order chi connectivity index (χ1) is 12.8. The minimum atomic E-state index is -0.342. The molecule has 1 fully saturated rings. The first-order valence-corrected chi connectivity index (χ1v) is 9.60. The molecule has 1 aromatic rings. The minimum Gasteiger partial charge on any atom is -0.497 e. The SMILES string of the molecule is COc1ccc(CN2CCC[C@H]2C(=O)NCC(CO)C(=N)C(C)(C)C)cc1.F.F.[HH]. The molecular formula is C21H37F2N3O3. The molecule has 2 atom stereocenters. The fourth-order valence-corrected chi connectivity index (χ4v) is 3.49. The molecule has 8 heteroatoms. The first-order valence-electron chi connectivity index (χ1n) is 9.60. The largest absolute Gasteiger partial charge is 0.497 e. The predicted octanol–water partition coefficient (Wildman–Crippen LogP) is 3.00. The smallest absolute Gasteiger partial charge is 0.237 e. The number of hydrogen-bond donors (Lipinski definition) is 3. The first kappa shape index (κ1) is 26.9. The van der Waals surface area contributed by atoms with Gasteiger partial charge in [-0.25, -0.2) is 0 Å². The van der Waals surface area contributed by atoms with Crippen LogP contribution in [0.2, 0.25) is 0 Å². The van der Waals surface area contributed by atoms with Crippen molar-refractivity contribution in [2.45, 2.75) is 46.2 Å². The highest BCUT2D eigenvalue weighted by Gasteiger charge is 2.32. The maximum atomic E-state index is 12.7. The Morgan fingerprint density at radius 2 is 1.97 bits per heavy atom. The fourth-order valence-electron chi connectivity index (χ4n) is 3.49. The Hall–Kier alpha value is -2.06. The minimum absolute atomic E-state index is 0. The van der Waals surface area contributed by atoms with E-state index in [1.807, 2.05) is 45.0 Å². The van der Waals surface area contributed by atoms with E-state index in [9.17, 15) is 9.90 Å². The number of carbonyl (C=O) groups excluding carboxylic acids is 1. The van der Waals surface area contributed by atoms with Gasteiger partial charge in [-0.3, -0.25) is 19.1 Å². The molecule has 0 radical (unpaired) electrons. The van der Waals surface area contributed by atoms with Crippen molar-refractivity contribution in [1.29, 1.82) is 5.41 Å². The molecule has 2 rings (SSSR count). The van der Waals surface area contributed by atoms with E-state index < -0.39 is 0 Å². The Balaban J connectivity index is 0. The number of benzene rings is 1. The molecule has 1 aromatic carbocycles. The van der Waals surface area contributed by atoms with E-state index >= 15 is 0 Å². The van der Waals surface area contributed by atoms with E-state index in [1.54, 1.807) is 7.11 Å². The summed E-state index contributed by atoms with van der Waals surface area (Å²) < 4.78 is 5.19. The van der Waals surface area contributed by atoms with Crippen LogP contribution in [0.3, 0.4) is 0 Å². The van der Waals surface area contributed by atoms with E-state index in [0.717, 1.165) is 37.2 Å². The number of carbonyl (C=O) groups is 1. The molecule has 0 aromatic heterocycles. The van der Waals surface area contributed by atoms with E-state index in [0.29, 0.717) is 12.3 Å². The number of amides is 1. The lowest BCUT2D eigenvalue weighted by Crippen LogP contribution is -2.46.